The minimum Gasteiger partial charge on any atom is -0.324 e. The van der Waals surface area contributed by atoms with Crippen molar-refractivity contribution in [3.63, 3.8) is 0 Å². The first-order valence-electron chi connectivity index (χ1n) is 9.90. The van der Waals surface area contributed by atoms with E-state index < -0.39 is 0 Å². The van der Waals surface area contributed by atoms with Gasteiger partial charge in [-0.25, -0.2) is 9.07 Å². The Hall–Kier alpha value is -3.97. The molecule has 6 nitrogen and oxygen atoms in total. The number of amides is 1. The number of hydrogen-bond donors (Lipinski definition) is 2. The van der Waals surface area contributed by atoms with Gasteiger partial charge >= 0.3 is 0 Å². The Bertz CT molecular complexity index is 1300. The van der Waals surface area contributed by atoms with Crippen LogP contribution in [0.4, 0.5) is 16.3 Å². The number of rotatable bonds is 4. The topological polar surface area (TPSA) is 71.8 Å². The molecule has 0 unspecified atom stereocenters. The highest BCUT2D eigenvalue weighted by molar-refractivity contribution is 6.30. The van der Waals surface area contributed by atoms with Gasteiger partial charge in [0.05, 0.1) is 0 Å². The first kappa shape index (κ1) is 20.0. The summed E-state index contributed by atoms with van der Waals surface area (Å²) in [5.74, 6) is -0.00802. The molecule has 0 saturated heterocycles. The van der Waals surface area contributed by atoms with Crippen LogP contribution in [0.2, 0.25) is 5.02 Å². The van der Waals surface area contributed by atoms with Gasteiger partial charge in [0.2, 0.25) is 5.95 Å². The Balaban J connectivity index is 1.51. The number of nitrogens with zero attached hydrogens (tertiary/aromatic N) is 3. The lowest BCUT2D eigenvalue weighted by molar-refractivity contribution is 0.102. The largest absolute Gasteiger partial charge is 0.324 e. The van der Waals surface area contributed by atoms with Crippen molar-refractivity contribution in [2.75, 3.05) is 10.6 Å². The summed E-state index contributed by atoms with van der Waals surface area (Å²) in [6, 6.07) is 22.1. The molecule has 0 radical (unpaired) electrons. The zero-order valence-electron chi connectivity index (χ0n) is 16.7. The van der Waals surface area contributed by atoms with Crippen LogP contribution < -0.4 is 10.6 Å². The molecule has 5 rings (SSSR count). The SMILES string of the molecule is O=C(Nc1nc2n(n1)[C@H](c1ccc(F)cc1)C=C(c1ccc(Cl)cc1)N2)c1ccccc1. The lowest BCUT2D eigenvalue weighted by Gasteiger charge is -2.24. The molecule has 1 aliphatic heterocycles. The van der Waals surface area contributed by atoms with Crippen LogP contribution in [0.1, 0.15) is 27.5 Å². The molecule has 0 fully saturated rings. The number of hydrogen-bond acceptors (Lipinski definition) is 4. The Morgan fingerprint density at radius 2 is 1.72 bits per heavy atom. The lowest BCUT2D eigenvalue weighted by atomic mass is 10.0. The molecule has 158 valence electrons. The Labute approximate surface area is 188 Å². The van der Waals surface area contributed by atoms with E-state index in [1.165, 1.54) is 12.1 Å². The summed E-state index contributed by atoms with van der Waals surface area (Å²) in [6.45, 7) is 0. The maximum atomic E-state index is 13.5. The summed E-state index contributed by atoms with van der Waals surface area (Å²) in [4.78, 5) is 17.0. The molecule has 3 aromatic carbocycles. The van der Waals surface area contributed by atoms with Crippen LogP contribution in [0.3, 0.4) is 0 Å². The van der Waals surface area contributed by atoms with E-state index in [4.69, 9.17) is 11.6 Å². The highest BCUT2D eigenvalue weighted by Gasteiger charge is 2.26. The quantitative estimate of drug-likeness (QED) is 0.442. The molecule has 0 aliphatic carbocycles. The molecule has 2 N–H and O–H groups in total. The molecule has 0 spiro atoms. The van der Waals surface area contributed by atoms with Crippen molar-refractivity contribution >= 4 is 35.1 Å². The molecule has 0 saturated carbocycles. The van der Waals surface area contributed by atoms with Crippen LogP contribution in [0.15, 0.2) is 84.9 Å². The van der Waals surface area contributed by atoms with Crippen molar-refractivity contribution in [3.8, 4) is 0 Å². The number of nitrogens with one attached hydrogen (secondary N) is 2. The van der Waals surface area contributed by atoms with Gasteiger partial charge in [-0.3, -0.25) is 10.1 Å². The molecule has 1 aliphatic rings. The third-order valence-corrected chi connectivity index (χ3v) is 5.35. The lowest BCUT2D eigenvalue weighted by Crippen LogP contribution is -2.20. The van der Waals surface area contributed by atoms with Gasteiger partial charge in [0.1, 0.15) is 11.9 Å². The fourth-order valence-electron chi connectivity index (χ4n) is 3.50. The van der Waals surface area contributed by atoms with E-state index in [2.05, 4.69) is 20.7 Å². The van der Waals surface area contributed by atoms with Gasteiger partial charge in [0.15, 0.2) is 0 Å². The Kier molecular flexibility index (Phi) is 5.17. The van der Waals surface area contributed by atoms with Gasteiger partial charge in [-0.15, -0.1) is 5.10 Å². The second kappa shape index (κ2) is 8.28. The number of fused-ring (bicyclic) bond motifs is 1. The molecule has 32 heavy (non-hydrogen) atoms. The van der Waals surface area contributed by atoms with Gasteiger partial charge < -0.3 is 5.32 Å². The summed E-state index contributed by atoms with van der Waals surface area (Å²) in [5.41, 5.74) is 3.04. The molecule has 1 aromatic heterocycles. The van der Waals surface area contributed by atoms with Crippen LogP contribution in [-0.4, -0.2) is 20.7 Å². The van der Waals surface area contributed by atoms with Crippen molar-refractivity contribution in [3.05, 3.63) is 112 Å². The maximum absolute atomic E-state index is 13.5. The normalized spacial score (nSPS) is 14.8. The van der Waals surface area contributed by atoms with E-state index in [1.54, 1.807) is 53.2 Å². The van der Waals surface area contributed by atoms with Crippen molar-refractivity contribution in [2.45, 2.75) is 6.04 Å². The summed E-state index contributed by atoms with van der Waals surface area (Å²) in [6.07, 6.45) is 1.97. The van der Waals surface area contributed by atoms with Gasteiger partial charge in [0.25, 0.3) is 11.9 Å². The highest BCUT2D eigenvalue weighted by Crippen LogP contribution is 2.33. The second-order valence-electron chi connectivity index (χ2n) is 7.23. The van der Waals surface area contributed by atoms with E-state index in [1.807, 2.05) is 24.3 Å². The van der Waals surface area contributed by atoms with Gasteiger partial charge in [-0.05, 0) is 53.6 Å². The summed E-state index contributed by atoms with van der Waals surface area (Å²) >= 11 is 6.03. The summed E-state index contributed by atoms with van der Waals surface area (Å²) in [5, 5.41) is 11.1. The predicted octanol–water partition coefficient (Wildman–Crippen LogP) is 5.38. The number of benzene rings is 3. The summed E-state index contributed by atoms with van der Waals surface area (Å²) < 4.78 is 15.2. The zero-order valence-corrected chi connectivity index (χ0v) is 17.4. The molecule has 2 heterocycles. The Morgan fingerprint density at radius 1 is 1.00 bits per heavy atom. The van der Waals surface area contributed by atoms with Gasteiger partial charge in [-0.2, -0.15) is 4.98 Å². The van der Waals surface area contributed by atoms with E-state index >= 15 is 0 Å². The number of aromatic nitrogens is 3. The standard InChI is InChI=1S/C24H17ClFN5O/c25-18-10-6-15(7-11-18)20-14-21(16-8-12-19(26)13-9-16)31-24(27-20)29-23(30-31)28-22(32)17-4-2-1-3-5-17/h1-14,21H,(H2,27,28,29,30,32)/t21-/m0/s1. The number of halogens is 2. The molecule has 8 heteroatoms. The molecular formula is C24H17ClFN5O. The fraction of sp³-hybridized carbons (Fsp3) is 0.0417. The average molecular weight is 446 g/mol. The van der Waals surface area contributed by atoms with Crippen LogP contribution in [0.5, 0.6) is 0 Å². The third kappa shape index (κ3) is 3.98. The summed E-state index contributed by atoms with van der Waals surface area (Å²) in [7, 11) is 0. The van der Waals surface area contributed by atoms with E-state index in [9.17, 15) is 9.18 Å². The number of anilines is 2. The minimum atomic E-state index is -0.354. The first-order chi connectivity index (χ1) is 15.6. The number of carbonyl (C=O) groups is 1. The van der Waals surface area contributed by atoms with E-state index in [-0.39, 0.29) is 23.7 Å². The van der Waals surface area contributed by atoms with Crippen molar-refractivity contribution in [2.24, 2.45) is 0 Å². The smallest absolute Gasteiger partial charge is 0.258 e. The molecule has 1 amide bonds. The minimum absolute atomic E-state index is 0.166. The van der Waals surface area contributed by atoms with Crippen LogP contribution in [-0.2, 0) is 0 Å². The molecule has 4 aromatic rings. The van der Waals surface area contributed by atoms with Gasteiger partial charge in [-0.1, -0.05) is 54.1 Å². The number of allylic oxidation sites excluding steroid dienone is 1. The monoisotopic (exact) mass is 445 g/mol. The fourth-order valence-corrected chi connectivity index (χ4v) is 3.63. The zero-order chi connectivity index (χ0) is 22.1. The van der Waals surface area contributed by atoms with Crippen molar-refractivity contribution in [1.29, 1.82) is 0 Å². The van der Waals surface area contributed by atoms with E-state index in [0.29, 0.717) is 16.5 Å². The average Bonchev–Trinajstić information content (AvgIpc) is 3.22. The molecule has 0 bridgehead atoms. The maximum Gasteiger partial charge on any atom is 0.258 e. The highest BCUT2D eigenvalue weighted by atomic mass is 35.5. The van der Waals surface area contributed by atoms with E-state index in [0.717, 1.165) is 16.8 Å². The van der Waals surface area contributed by atoms with Crippen molar-refractivity contribution in [1.82, 2.24) is 14.8 Å². The Morgan fingerprint density at radius 3 is 2.44 bits per heavy atom. The van der Waals surface area contributed by atoms with Crippen molar-refractivity contribution < 1.29 is 9.18 Å². The molecule has 1 atom stereocenters. The van der Waals surface area contributed by atoms with Crippen LogP contribution >= 0.6 is 11.6 Å². The molecular weight excluding hydrogens is 429 g/mol. The number of carbonyl (C=O) groups excluding carboxylic acids is 1. The first-order valence-corrected chi connectivity index (χ1v) is 10.3. The van der Waals surface area contributed by atoms with Gasteiger partial charge in [0, 0.05) is 16.3 Å². The van der Waals surface area contributed by atoms with Crippen LogP contribution in [0, 0.1) is 5.82 Å². The van der Waals surface area contributed by atoms with Crippen LogP contribution in [0.25, 0.3) is 5.70 Å². The second-order valence-corrected chi connectivity index (χ2v) is 7.67. The predicted molar refractivity (Wildman–Crippen MR) is 122 cm³/mol. The third-order valence-electron chi connectivity index (χ3n) is 5.09.